The van der Waals surface area contributed by atoms with Crippen LogP contribution in [0.15, 0.2) is 53.0 Å². The minimum atomic E-state index is 0.00871. The zero-order valence-corrected chi connectivity index (χ0v) is 13.8. The molecule has 0 spiro atoms. The second-order valence-corrected chi connectivity index (χ2v) is 6.07. The van der Waals surface area contributed by atoms with E-state index in [2.05, 4.69) is 40.3 Å². The molecule has 1 N–H and O–H groups in total. The Morgan fingerprint density at radius 3 is 2.52 bits per heavy atom. The molecule has 1 amide bonds. The van der Waals surface area contributed by atoms with Gasteiger partial charge in [0.25, 0.3) is 0 Å². The molecule has 0 bridgehead atoms. The van der Waals surface area contributed by atoms with E-state index in [0.717, 1.165) is 22.1 Å². The van der Waals surface area contributed by atoms with Gasteiger partial charge in [-0.1, -0.05) is 53.5 Å². The number of carbonyl (C=O) groups is 1. The topological polar surface area (TPSA) is 29.1 Å². The molecule has 0 saturated heterocycles. The van der Waals surface area contributed by atoms with E-state index in [-0.39, 0.29) is 5.91 Å². The Morgan fingerprint density at radius 1 is 1.10 bits per heavy atom. The van der Waals surface area contributed by atoms with Crippen LogP contribution in [-0.4, -0.2) is 5.91 Å². The van der Waals surface area contributed by atoms with Crippen LogP contribution < -0.4 is 5.32 Å². The van der Waals surface area contributed by atoms with Crippen LogP contribution in [0.1, 0.15) is 30.9 Å². The van der Waals surface area contributed by atoms with Crippen molar-refractivity contribution in [3.05, 3.63) is 64.1 Å². The highest BCUT2D eigenvalue weighted by molar-refractivity contribution is 9.10. The number of hydrogen-bond acceptors (Lipinski definition) is 1. The molecule has 0 unspecified atom stereocenters. The molecule has 0 heterocycles. The maximum atomic E-state index is 12.0. The summed E-state index contributed by atoms with van der Waals surface area (Å²) in [5.74, 6) is 0.00871. The van der Waals surface area contributed by atoms with Crippen LogP contribution in [0.3, 0.4) is 0 Å². The fraction of sp³-hybridized carbons (Fsp3) is 0.278. The Hall–Kier alpha value is -1.61. The number of amides is 1. The van der Waals surface area contributed by atoms with Crippen molar-refractivity contribution in [3.63, 3.8) is 0 Å². The summed E-state index contributed by atoms with van der Waals surface area (Å²) in [6, 6.07) is 15.9. The summed E-state index contributed by atoms with van der Waals surface area (Å²) in [6.07, 6.45) is 3.89. The second-order valence-electron chi connectivity index (χ2n) is 5.16. The number of hydrogen-bond donors (Lipinski definition) is 1. The number of rotatable bonds is 6. The summed E-state index contributed by atoms with van der Waals surface area (Å²) in [5, 5.41) is 2.94. The van der Waals surface area contributed by atoms with Crippen molar-refractivity contribution >= 4 is 27.5 Å². The van der Waals surface area contributed by atoms with Gasteiger partial charge in [0.15, 0.2) is 0 Å². The van der Waals surface area contributed by atoms with Gasteiger partial charge in [-0.15, -0.1) is 0 Å². The molecule has 2 aromatic carbocycles. The quantitative estimate of drug-likeness (QED) is 0.786. The lowest BCUT2D eigenvalue weighted by Gasteiger charge is -2.07. The van der Waals surface area contributed by atoms with Crippen LogP contribution >= 0.6 is 15.9 Å². The molecule has 3 heteroatoms. The zero-order chi connectivity index (χ0) is 15.1. The highest BCUT2D eigenvalue weighted by Crippen LogP contribution is 2.14. The van der Waals surface area contributed by atoms with Crippen LogP contribution in [0.4, 0.5) is 5.69 Å². The highest BCUT2D eigenvalue weighted by atomic mass is 79.9. The summed E-state index contributed by atoms with van der Waals surface area (Å²) in [6.45, 7) is 2.19. The normalized spacial score (nSPS) is 10.4. The number of aryl methyl sites for hydroxylation is 1. The van der Waals surface area contributed by atoms with Crippen molar-refractivity contribution in [2.24, 2.45) is 0 Å². The number of benzene rings is 2. The number of nitrogens with one attached hydrogen (secondary N) is 1. The molecule has 0 aliphatic carbocycles. The summed E-state index contributed by atoms with van der Waals surface area (Å²) in [5.41, 5.74) is 3.18. The number of anilines is 1. The standard InChI is InChI=1S/C18H20BrNO/c1-2-3-5-14-8-10-17(11-9-14)20-18(21)13-15-6-4-7-16(19)12-15/h4,6-12H,2-3,5,13H2,1H3,(H,20,21). The van der Waals surface area contributed by atoms with Gasteiger partial charge in [0.1, 0.15) is 0 Å². The number of halogens is 1. The van der Waals surface area contributed by atoms with Gasteiger partial charge in [0.05, 0.1) is 6.42 Å². The molecule has 0 aromatic heterocycles. The average Bonchev–Trinajstić information content (AvgIpc) is 2.46. The van der Waals surface area contributed by atoms with E-state index in [1.807, 2.05) is 36.4 Å². The second kappa shape index (κ2) is 7.99. The van der Waals surface area contributed by atoms with Crippen molar-refractivity contribution in [2.75, 3.05) is 5.32 Å². The molecule has 0 radical (unpaired) electrons. The largest absolute Gasteiger partial charge is 0.326 e. The molecular weight excluding hydrogens is 326 g/mol. The molecule has 2 aromatic rings. The van der Waals surface area contributed by atoms with Crippen molar-refractivity contribution < 1.29 is 4.79 Å². The molecule has 21 heavy (non-hydrogen) atoms. The summed E-state index contributed by atoms with van der Waals surface area (Å²) in [4.78, 5) is 12.0. The Bertz CT molecular complexity index is 592. The fourth-order valence-corrected chi connectivity index (χ4v) is 2.62. The average molecular weight is 346 g/mol. The first kappa shape index (κ1) is 15.8. The van der Waals surface area contributed by atoms with Gasteiger partial charge in [0, 0.05) is 10.2 Å². The molecular formula is C18H20BrNO. The van der Waals surface area contributed by atoms with E-state index in [4.69, 9.17) is 0 Å². The van der Waals surface area contributed by atoms with E-state index in [0.29, 0.717) is 6.42 Å². The first-order valence-electron chi connectivity index (χ1n) is 7.30. The Balaban J connectivity index is 1.90. The van der Waals surface area contributed by atoms with E-state index in [1.165, 1.54) is 18.4 Å². The minimum Gasteiger partial charge on any atom is -0.326 e. The van der Waals surface area contributed by atoms with Crippen LogP contribution in [0.2, 0.25) is 0 Å². The molecule has 0 aliphatic rings. The van der Waals surface area contributed by atoms with Gasteiger partial charge < -0.3 is 5.32 Å². The lowest BCUT2D eigenvalue weighted by molar-refractivity contribution is -0.115. The van der Waals surface area contributed by atoms with Crippen LogP contribution in [0.25, 0.3) is 0 Å². The maximum absolute atomic E-state index is 12.0. The zero-order valence-electron chi connectivity index (χ0n) is 12.2. The van der Waals surface area contributed by atoms with E-state index < -0.39 is 0 Å². The van der Waals surface area contributed by atoms with Gasteiger partial charge >= 0.3 is 0 Å². The summed E-state index contributed by atoms with van der Waals surface area (Å²) >= 11 is 3.42. The van der Waals surface area contributed by atoms with E-state index >= 15 is 0 Å². The Morgan fingerprint density at radius 2 is 1.86 bits per heavy atom. The van der Waals surface area contributed by atoms with Gasteiger partial charge in [-0.05, 0) is 48.2 Å². The molecule has 0 atom stereocenters. The molecule has 2 nitrogen and oxygen atoms in total. The van der Waals surface area contributed by atoms with E-state index in [1.54, 1.807) is 0 Å². The third-order valence-corrected chi connectivity index (χ3v) is 3.80. The fourth-order valence-electron chi connectivity index (χ4n) is 2.17. The van der Waals surface area contributed by atoms with Crippen molar-refractivity contribution in [3.8, 4) is 0 Å². The molecule has 2 rings (SSSR count). The van der Waals surface area contributed by atoms with Gasteiger partial charge in [-0.2, -0.15) is 0 Å². The lowest BCUT2D eigenvalue weighted by atomic mass is 10.1. The van der Waals surface area contributed by atoms with Gasteiger partial charge in [-0.25, -0.2) is 0 Å². The molecule has 0 saturated carbocycles. The van der Waals surface area contributed by atoms with Crippen molar-refractivity contribution in [2.45, 2.75) is 32.6 Å². The summed E-state index contributed by atoms with van der Waals surface area (Å²) < 4.78 is 0.994. The van der Waals surface area contributed by atoms with Crippen LogP contribution in [0.5, 0.6) is 0 Å². The molecule has 0 fully saturated rings. The monoisotopic (exact) mass is 345 g/mol. The van der Waals surface area contributed by atoms with Crippen molar-refractivity contribution in [1.82, 2.24) is 0 Å². The predicted molar refractivity (Wildman–Crippen MR) is 91.5 cm³/mol. The third-order valence-electron chi connectivity index (χ3n) is 3.31. The first-order chi connectivity index (χ1) is 10.2. The molecule has 0 aliphatic heterocycles. The van der Waals surface area contributed by atoms with Gasteiger partial charge in [0.2, 0.25) is 5.91 Å². The Labute approximate surface area is 134 Å². The third kappa shape index (κ3) is 5.35. The smallest absolute Gasteiger partial charge is 0.228 e. The SMILES string of the molecule is CCCCc1ccc(NC(=O)Cc2cccc(Br)c2)cc1. The summed E-state index contributed by atoms with van der Waals surface area (Å²) in [7, 11) is 0. The first-order valence-corrected chi connectivity index (χ1v) is 8.10. The minimum absolute atomic E-state index is 0.00871. The lowest BCUT2D eigenvalue weighted by Crippen LogP contribution is -2.14. The Kier molecular flexibility index (Phi) is 6.00. The van der Waals surface area contributed by atoms with Gasteiger partial charge in [-0.3, -0.25) is 4.79 Å². The predicted octanol–water partition coefficient (Wildman–Crippen LogP) is 4.97. The highest BCUT2D eigenvalue weighted by Gasteiger charge is 2.04. The maximum Gasteiger partial charge on any atom is 0.228 e. The number of unbranched alkanes of at least 4 members (excludes halogenated alkanes) is 1. The van der Waals surface area contributed by atoms with Crippen LogP contribution in [0, 0.1) is 0 Å². The van der Waals surface area contributed by atoms with Crippen molar-refractivity contribution in [1.29, 1.82) is 0 Å². The van der Waals surface area contributed by atoms with Crippen LogP contribution in [-0.2, 0) is 17.6 Å². The van der Waals surface area contributed by atoms with E-state index in [9.17, 15) is 4.79 Å². The number of carbonyl (C=O) groups excluding carboxylic acids is 1. The molecule has 110 valence electrons.